The molecule has 1 rings (SSSR count). The van der Waals surface area contributed by atoms with Gasteiger partial charge in [0.1, 0.15) is 0 Å². The van der Waals surface area contributed by atoms with E-state index in [1.165, 1.54) is 0 Å². The van der Waals surface area contributed by atoms with E-state index in [2.05, 4.69) is 24.5 Å². The van der Waals surface area contributed by atoms with Crippen LogP contribution in [-0.2, 0) is 0 Å². The van der Waals surface area contributed by atoms with Gasteiger partial charge in [-0.3, -0.25) is 0 Å². The van der Waals surface area contributed by atoms with Crippen molar-refractivity contribution in [1.29, 1.82) is 0 Å². The minimum absolute atomic E-state index is 0.0100. The first-order valence-electron chi connectivity index (χ1n) is 4.31. The largest absolute Gasteiger partial charge is 0.394 e. The standard InChI is InChI=1S/C8H16N2O2/c1-5(2)3-6-7(4-11)10-8(12)9-6/h5-7,11H,3-4H2,1-2H3,(H2,9,10,12). The van der Waals surface area contributed by atoms with E-state index in [9.17, 15) is 4.79 Å². The predicted molar refractivity (Wildman–Crippen MR) is 45.8 cm³/mol. The van der Waals surface area contributed by atoms with Gasteiger partial charge in [0.05, 0.1) is 18.7 Å². The van der Waals surface area contributed by atoms with Crippen LogP contribution in [0.5, 0.6) is 0 Å². The Balaban J connectivity index is 2.46. The maximum Gasteiger partial charge on any atom is 0.315 e. The van der Waals surface area contributed by atoms with E-state index in [0.29, 0.717) is 5.92 Å². The van der Waals surface area contributed by atoms with Crippen LogP contribution in [0.4, 0.5) is 4.79 Å². The summed E-state index contributed by atoms with van der Waals surface area (Å²) in [6, 6.07) is -0.193. The van der Waals surface area contributed by atoms with Crippen LogP contribution in [0.1, 0.15) is 20.3 Å². The highest BCUT2D eigenvalue weighted by Crippen LogP contribution is 2.11. The van der Waals surface area contributed by atoms with Crippen LogP contribution >= 0.6 is 0 Å². The normalized spacial score (nSPS) is 28.8. The van der Waals surface area contributed by atoms with Crippen molar-refractivity contribution in [2.24, 2.45) is 5.92 Å². The van der Waals surface area contributed by atoms with Gasteiger partial charge in [0.15, 0.2) is 0 Å². The average molecular weight is 172 g/mol. The number of aliphatic hydroxyl groups excluding tert-OH is 1. The van der Waals surface area contributed by atoms with Gasteiger partial charge < -0.3 is 15.7 Å². The molecule has 0 aromatic carbocycles. The summed E-state index contributed by atoms with van der Waals surface area (Å²) in [5.41, 5.74) is 0. The Bertz CT molecular complexity index is 170. The van der Waals surface area contributed by atoms with Gasteiger partial charge in [-0.15, -0.1) is 0 Å². The number of carbonyl (C=O) groups is 1. The van der Waals surface area contributed by atoms with Gasteiger partial charge in [0.25, 0.3) is 0 Å². The Morgan fingerprint density at radius 3 is 2.50 bits per heavy atom. The molecular formula is C8H16N2O2. The second kappa shape index (κ2) is 3.76. The summed E-state index contributed by atoms with van der Waals surface area (Å²) in [6.07, 6.45) is 0.907. The lowest BCUT2D eigenvalue weighted by Crippen LogP contribution is -2.37. The fourth-order valence-corrected chi connectivity index (χ4v) is 1.48. The Kier molecular flexibility index (Phi) is 2.92. The van der Waals surface area contributed by atoms with Gasteiger partial charge in [-0.1, -0.05) is 13.8 Å². The van der Waals surface area contributed by atoms with E-state index < -0.39 is 0 Å². The fraction of sp³-hybridized carbons (Fsp3) is 0.875. The lowest BCUT2D eigenvalue weighted by molar-refractivity contribution is 0.230. The molecule has 0 bridgehead atoms. The zero-order valence-electron chi connectivity index (χ0n) is 7.50. The number of aliphatic hydroxyl groups is 1. The van der Waals surface area contributed by atoms with Crippen molar-refractivity contribution in [3.05, 3.63) is 0 Å². The molecule has 0 spiro atoms. The van der Waals surface area contributed by atoms with Crippen molar-refractivity contribution in [2.45, 2.75) is 32.4 Å². The minimum atomic E-state index is -0.167. The second-order valence-corrected chi connectivity index (χ2v) is 3.64. The summed E-state index contributed by atoms with van der Waals surface area (Å²) >= 11 is 0. The van der Waals surface area contributed by atoms with Crippen LogP contribution in [0, 0.1) is 5.92 Å². The molecule has 0 aliphatic carbocycles. The molecular weight excluding hydrogens is 156 g/mol. The Morgan fingerprint density at radius 1 is 1.42 bits per heavy atom. The third kappa shape index (κ3) is 2.11. The van der Waals surface area contributed by atoms with E-state index in [0.717, 1.165) is 6.42 Å². The molecule has 0 saturated carbocycles. The number of nitrogens with one attached hydrogen (secondary N) is 2. The van der Waals surface area contributed by atoms with Crippen molar-refractivity contribution in [3.8, 4) is 0 Å². The number of amides is 2. The van der Waals surface area contributed by atoms with Crippen molar-refractivity contribution in [1.82, 2.24) is 10.6 Å². The molecule has 0 aromatic heterocycles. The van der Waals surface area contributed by atoms with Crippen LogP contribution in [0.2, 0.25) is 0 Å². The SMILES string of the molecule is CC(C)CC1NC(=O)NC1CO. The quantitative estimate of drug-likeness (QED) is 0.564. The lowest BCUT2D eigenvalue weighted by atomic mass is 9.99. The molecule has 1 heterocycles. The van der Waals surface area contributed by atoms with Crippen molar-refractivity contribution in [2.75, 3.05) is 6.61 Å². The van der Waals surface area contributed by atoms with E-state index >= 15 is 0 Å². The van der Waals surface area contributed by atoms with Crippen molar-refractivity contribution >= 4 is 6.03 Å². The summed E-state index contributed by atoms with van der Waals surface area (Å²) in [7, 11) is 0. The van der Waals surface area contributed by atoms with E-state index in [-0.39, 0.29) is 24.7 Å². The first kappa shape index (κ1) is 9.32. The highest BCUT2D eigenvalue weighted by molar-refractivity contribution is 5.77. The van der Waals surface area contributed by atoms with E-state index in [4.69, 9.17) is 5.11 Å². The summed E-state index contributed by atoms with van der Waals surface area (Å²) in [5, 5.41) is 14.3. The molecule has 1 aliphatic rings. The lowest BCUT2D eigenvalue weighted by Gasteiger charge is -2.17. The highest BCUT2D eigenvalue weighted by Gasteiger charge is 2.30. The van der Waals surface area contributed by atoms with Crippen LogP contribution in [0.25, 0.3) is 0 Å². The molecule has 4 heteroatoms. The van der Waals surface area contributed by atoms with Crippen molar-refractivity contribution in [3.63, 3.8) is 0 Å². The summed E-state index contributed by atoms with van der Waals surface area (Å²) in [5.74, 6) is 0.532. The first-order valence-corrected chi connectivity index (χ1v) is 4.31. The van der Waals surface area contributed by atoms with Gasteiger partial charge in [0.2, 0.25) is 0 Å². The van der Waals surface area contributed by atoms with Crippen LogP contribution in [-0.4, -0.2) is 29.8 Å². The predicted octanol–water partition coefficient (Wildman–Crippen LogP) is 0.0748. The van der Waals surface area contributed by atoms with E-state index in [1.54, 1.807) is 0 Å². The van der Waals surface area contributed by atoms with E-state index in [1.807, 2.05) is 0 Å². The number of hydrogen-bond donors (Lipinski definition) is 3. The average Bonchev–Trinajstić information content (AvgIpc) is 2.29. The summed E-state index contributed by atoms with van der Waals surface area (Å²) < 4.78 is 0. The number of hydrogen-bond acceptors (Lipinski definition) is 2. The monoisotopic (exact) mass is 172 g/mol. The molecule has 3 N–H and O–H groups in total. The first-order chi connectivity index (χ1) is 5.63. The maximum absolute atomic E-state index is 10.9. The Labute approximate surface area is 72.3 Å². The van der Waals surface area contributed by atoms with Gasteiger partial charge >= 0.3 is 6.03 Å². The Morgan fingerprint density at radius 2 is 2.00 bits per heavy atom. The number of urea groups is 1. The van der Waals surface area contributed by atoms with Crippen molar-refractivity contribution < 1.29 is 9.90 Å². The molecule has 12 heavy (non-hydrogen) atoms. The van der Waals surface area contributed by atoms with Gasteiger partial charge in [0, 0.05) is 0 Å². The van der Waals surface area contributed by atoms with Crippen LogP contribution in [0.3, 0.4) is 0 Å². The molecule has 2 atom stereocenters. The molecule has 1 saturated heterocycles. The minimum Gasteiger partial charge on any atom is -0.394 e. The molecule has 2 amide bonds. The zero-order chi connectivity index (χ0) is 9.14. The van der Waals surface area contributed by atoms with Gasteiger partial charge in [-0.25, -0.2) is 4.79 Å². The molecule has 70 valence electrons. The molecule has 1 aliphatic heterocycles. The molecule has 0 aromatic rings. The highest BCUT2D eigenvalue weighted by atomic mass is 16.3. The molecule has 2 unspecified atom stereocenters. The molecule has 1 fully saturated rings. The zero-order valence-corrected chi connectivity index (χ0v) is 7.50. The third-order valence-corrected chi connectivity index (χ3v) is 2.04. The second-order valence-electron chi connectivity index (χ2n) is 3.64. The molecule has 4 nitrogen and oxygen atoms in total. The van der Waals surface area contributed by atoms with Gasteiger partial charge in [-0.2, -0.15) is 0 Å². The smallest absolute Gasteiger partial charge is 0.315 e. The maximum atomic E-state index is 10.9. The Hall–Kier alpha value is -0.770. The van der Waals surface area contributed by atoms with Crippen LogP contribution in [0.15, 0.2) is 0 Å². The summed E-state index contributed by atoms with van der Waals surface area (Å²) in [6.45, 7) is 4.20. The molecule has 0 radical (unpaired) electrons. The topological polar surface area (TPSA) is 61.4 Å². The van der Waals surface area contributed by atoms with Crippen LogP contribution < -0.4 is 10.6 Å². The number of carbonyl (C=O) groups excluding carboxylic acids is 1. The van der Waals surface area contributed by atoms with Gasteiger partial charge in [-0.05, 0) is 12.3 Å². The number of rotatable bonds is 3. The summed E-state index contributed by atoms with van der Waals surface area (Å²) in [4.78, 5) is 10.9. The fourth-order valence-electron chi connectivity index (χ4n) is 1.48. The third-order valence-electron chi connectivity index (χ3n) is 2.04.